The predicted octanol–water partition coefficient (Wildman–Crippen LogP) is 3.66. The summed E-state index contributed by atoms with van der Waals surface area (Å²) in [5.74, 6) is 0.982. The summed E-state index contributed by atoms with van der Waals surface area (Å²) < 4.78 is 2.28. The Bertz CT molecular complexity index is 654. The van der Waals surface area contributed by atoms with Gasteiger partial charge in [-0.2, -0.15) is 0 Å². The van der Waals surface area contributed by atoms with E-state index in [1.54, 1.807) is 12.1 Å². The zero-order valence-electron chi connectivity index (χ0n) is 12.0. The lowest BCUT2D eigenvalue weighted by Gasteiger charge is -2.35. The molecule has 1 aliphatic rings. The third kappa shape index (κ3) is 2.09. The minimum Gasteiger partial charge on any atom is -0.478 e. The minimum absolute atomic E-state index is 0.342. The first-order chi connectivity index (χ1) is 9.60. The third-order valence-electron chi connectivity index (χ3n) is 4.20. The number of hydrogen-bond acceptors (Lipinski definition) is 2. The molecule has 0 aliphatic heterocycles. The van der Waals surface area contributed by atoms with Crippen LogP contribution in [0.5, 0.6) is 0 Å². The molecule has 1 fully saturated rings. The van der Waals surface area contributed by atoms with Gasteiger partial charge in [0.25, 0.3) is 0 Å². The summed E-state index contributed by atoms with van der Waals surface area (Å²) in [6.07, 6.45) is 4.33. The molecule has 4 nitrogen and oxygen atoms in total. The quantitative estimate of drug-likeness (QED) is 0.924. The number of imidazole rings is 1. The van der Waals surface area contributed by atoms with Gasteiger partial charge in [0, 0.05) is 12.5 Å². The second-order valence-corrected chi connectivity index (χ2v) is 5.89. The van der Waals surface area contributed by atoms with Crippen LogP contribution in [0.25, 0.3) is 11.0 Å². The highest BCUT2D eigenvalue weighted by atomic mass is 16.4. The van der Waals surface area contributed by atoms with Crippen LogP contribution in [-0.2, 0) is 6.42 Å². The molecule has 106 valence electrons. The van der Waals surface area contributed by atoms with E-state index in [0.717, 1.165) is 35.6 Å². The number of nitrogens with zero attached hydrogens (tertiary/aromatic N) is 2. The van der Waals surface area contributed by atoms with Gasteiger partial charge in [0.2, 0.25) is 0 Å². The van der Waals surface area contributed by atoms with E-state index in [1.165, 1.54) is 12.8 Å². The molecule has 0 radical (unpaired) electrons. The maximum Gasteiger partial charge on any atom is 0.335 e. The van der Waals surface area contributed by atoms with Crippen molar-refractivity contribution in [2.45, 2.75) is 45.6 Å². The van der Waals surface area contributed by atoms with Gasteiger partial charge in [-0.15, -0.1) is 0 Å². The molecule has 1 N–H and O–H groups in total. The predicted molar refractivity (Wildman–Crippen MR) is 78.1 cm³/mol. The van der Waals surface area contributed by atoms with Crippen LogP contribution in [0.2, 0.25) is 0 Å². The number of aromatic nitrogens is 2. The van der Waals surface area contributed by atoms with E-state index in [4.69, 9.17) is 10.1 Å². The summed E-state index contributed by atoms with van der Waals surface area (Å²) in [5, 5.41) is 9.17. The number of aryl methyl sites for hydroxylation is 1. The molecule has 1 saturated carbocycles. The first kappa shape index (κ1) is 13.2. The van der Waals surface area contributed by atoms with Crippen LogP contribution in [0.4, 0.5) is 0 Å². The van der Waals surface area contributed by atoms with Crippen molar-refractivity contribution in [3.63, 3.8) is 0 Å². The number of fused-ring (bicyclic) bond motifs is 1. The number of hydrogen-bond donors (Lipinski definition) is 1. The molecule has 0 atom stereocenters. The van der Waals surface area contributed by atoms with Crippen LogP contribution >= 0.6 is 0 Å². The molecular weight excluding hydrogens is 252 g/mol. The number of carboxylic acids is 1. The topological polar surface area (TPSA) is 55.1 Å². The smallest absolute Gasteiger partial charge is 0.335 e. The first-order valence-corrected chi connectivity index (χ1v) is 7.34. The van der Waals surface area contributed by atoms with Crippen LogP contribution in [0.15, 0.2) is 18.2 Å². The zero-order valence-corrected chi connectivity index (χ0v) is 12.0. The van der Waals surface area contributed by atoms with Gasteiger partial charge in [-0.25, -0.2) is 9.78 Å². The van der Waals surface area contributed by atoms with E-state index < -0.39 is 5.97 Å². The van der Waals surface area contributed by atoms with Gasteiger partial charge in [-0.1, -0.05) is 13.8 Å². The molecule has 1 aromatic carbocycles. The molecule has 0 unspecified atom stereocenters. The summed E-state index contributed by atoms with van der Waals surface area (Å²) in [4.78, 5) is 15.9. The van der Waals surface area contributed by atoms with Crippen molar-refractivity contribution in [1.29, 1.82) is 0 Å². The summed E-state index contributed by atoms with van der Waals surface area (Å²) in [6.45, 7) is 4.41. The summed E-state index contributed by atoms with van der Waals surface area (Å²) in [6, 6.07) is 5.73. The monoisotopic (exact) mass is 272 g/mol. The Morgan fingerprint density at radius 1 is 1.45 bits per heavy atom. The van der Waals surface area contributed by atoms with Crippen LogP contribution in [-0.4, -0.2) is 20.6 Å². The number of benzene rings is 1. The Morgan fingerprint density at radius 2 is 2.20 bits per heavy atom. The Hall–Kier alpha value is -1.84. The van der Waals surface area contributed by atoms with Crippen molar-refractivity contribution in [3.05, 3.63) is 29.6 Å². The van der Waals surface area contributed by atoms with Gasteiger partial charge in [-0.3, -0.25) is 0 Å². The van der Waals surface area contributed by atoms with E-state index in [-0.39, 0.29) is 0 Å². The van der Waals surface area contributed by atoms with E-state index in [0.29, 0.717) is 11.6 Å². The molecule has 20 heavy (non-hydrogen) atoms. The van der Waals surface area contributed by atoms with E-state index in [9.17, 15) is 4.79 Å². The van der Waals surface area contributed by atoms with Gasteiger partial charge in [0.05, 0.1) is 16.6 Å². The van der Waals surface area contributed by atoms with Gasteiger partial charge in [0.15, 0.2) is 0 Å². The van der Waals surface area contributed by atoms with Gasteiger partial charge < -0.3 is 9.67 Å². The number of aromatic carboxylic acids is 1. The number of rotatable bonds is 4. The molecule has 0 bridgehead atoms. The molecule has 2 aromatic rings. The summed E-state index contributed by atoms with van der Waals surface area (Å²) >= 11 is 0. The molecule has 1 heterocycles. The van der Waals surface area contributed by atoms with Crippen molar-refractivity contribution in [2.24, 2.45) is 5.92 Å². The summed E-state index contributed by atoms with van der Waals surface area (Å²) in [5.41, 5.74) is 2.23. The molecule has 1 aliphatic carbocycles. The maximum atomic E-state index is 11.2. The van der Waals surface area contributed by atoms with Gasteiger partial charge >= 0.3 is 5.97 Å². The average Bonchev–Trinajstić information content (AvgIpc) is 2.72. The van der Waals surface area contributed by atoms with E-state index >= 15 is 0 Å². The van der Waals surface area contributed by atoms with E-state index in [2.05, 4.69) is 18.4 Å². The Balaban J connectivity index is 2.12. The van der Waals surface area contributed by atoms with Gasteiger partial charge in [0.1, 0.15) is 5.82 Å². The van der Waals surface area contributed by atoms with Crippen molar-refractivity contribution in [1.82, 2.24) is 9.55 Å². The first-order valence-electron chi connectivity index (χ1n) is 7.34. The molecular formula is C16H20N2O2. The molecule has 1 aromatic heterocycles. The van der Waals surface area contributed by atoms with Crippen LogP contribution in [0.3, 0.4) is 0 Å². The molecule has 0 saturated heterocycles. The fourth-order valence-corrected chi connectivity index (χ4v) is 3.15. The normalized spacial score (nSPS) is 21.9. The molecule has 0 amide bonds. The second kappa shape index (κ2) is 4.93. The van der Waals surface area contributed by atoms with Crippen LogP contribution < -0.4 is 0 Å². The third-order valence-corrected chi connectivity index (χ3v) is 4.20. The minimum atomic E-state index is -0.876. The van der Waals surface area contributed by atoms with Crippen molar-refractivity contribution in [2.75, 3.05) is 0 Å². The van der Waals surface area contributed by atoms with E-state index in [1.807, 2.05) is 6.07 Å². The zero-order chi connectivity index (χ0) is 14.3. The highest BCUT2D eigenvalue weighted by Gasteiger charge is 2.30. The van der Waals surface area contributed by atoms with Crippen molar-refractivity contribution < 1.29 is 9.90 Å². The lowest BCUT2D eigenvalue weighted by Crippen LogP contribution is -2.26. The summed E-state index contributed by atoms with van der Waals surface area (Å²) in [7, 11) is 0. The average molecular weight is 272 g/mol. The maximum absolute atomic E-state index is 11.2. The second-order valence-electron chi connectivity index (χ2n) is 5.89. The Labute approximate surface area is 118 Å². The Kier molecular flexibility index (Phi) is 3.24. The van der Waals surface area contributed by atoms with Crippen molar-refractivity contribution in [3.8, 4) is 0 Å². The lowest BCUT2D eigenvalue weighted by atomic mass is 9.81. The lowest BCUT2D eigenvalue weighted by molar-refractivity contribution is 0.0697. The SMILES string of the molecule is CCCc1nc2ccc(C(=O)O)cc2n1C1CC(C)C1. The van der Waals surface area contributed by atoms with Gasteiger partial charge in [-0.05, 0) is 43.4 Å². The number of carbonyl (C=O) groups is 1. The number of carboxylic acid groups (broad SMARTS) is 1. The van der Waals surface area contributed by atoms with Crippen LogP contribution in [0, 0.1) is 5.92 Å². The standard InChI is InChI=1S/C16H20N2O2/c1-3-4-15-17-13-6-5-11(16(19)20)9-14(13)18(15)12-7-10(2)8-12/h5-6,9-10,12H,3-4,7-8H2,1-2H3,(H,19,20). The highest BCUT2D eigenvalue weighted by molar-refractivity contribution is 5.92. The molecule has 3 rings (SSSR count). The largest absolute Gasteiger partial charge is 0.478 e. The fraction of sp³-hybridized carbons (Fsp3) is 0.500. The fourth-order valence-electron chi connectivity index (χ4n) is 3.15. The molecule has 0 spiro atoms. The Morgan fingerprint density at radius 3 is 2.80 bits per heavy atom. The van der Waals surface area contributed by atoms with Crippen molar-refractivity contribution >= 4 is 17.0 Å². The van der Waals surface area contributed by atoms with Crippen LogP contribution in [0.1, 0.15) is 55.3 Å². The molecule has 4 heteroatoms. The highest BCUT2D eigenvalue weighted by Crippen LogP contribution is 2.40.